The van der Waals surface area contributed by atoms with Crippen molar-refractivity contribution in [2.75, 3.05) is 13.1 Å². The summed E-state index contributed by atoms with van der Waals surface area (Å²) in [6, 6.07) is 5.49. The van der Waals surface area contributed by atoms with Gasteiger partial charge in [-0.25, -0.2) is 13.1 Å². The Labute approximate surface area is 131 Å². The van der Waals surface area contributed by atoms with Gasteiger partial charge in [0, 0.05) is 21.5 Å². The van der Waals surface area contributed by atoms with E-state index in [0.717, 1.165) is 17.4 Å². The number of halogens is 2. The Bertz CT molecular complexity index is 518. The van der Waals surface area contributed by atoms with Gasteiger partial charge in [0.2, 0.25) is 10.0 Å². The predicted molar refractivity (Wildman–Crippen MR) is 84.8 cm³/mol. The fourth-order valence-electron chi connectivity index (χ4n) is 1.45. The van der Waals surface area contributed by atoms with Crippen molar-refractivity contribution in [1.29, 1.82) is 0 Å². The highest BCUT2D eigenvalue weighted by Crippen LogP contribution is 2.25. The van der Waals surface area contributed by atoms with Gasteiger partial charge in [-0.1, -0.05) is 29.8 Å². The van der Waals surface area contributed by atoms with E-state index in [0.29, 0.717) is 17.1 Å². The molecule has 19 heavy (non-hydrogen) atoms. The van der Waals surface area contributed by atoms with Crippen LogP contribution < -0.4 is 10.0 Å². The topological polar surface area (TPSA) is 58.2 Å². The molecule has 0 spiro atoms. The maximum Gasteiger partial charge on any atom is 0.241 e. The molecule has 2 N–H and O–H groups in total. The molecule has 1 rings (SSSR count). The molecule has 108 valence electrons. The molecule has 4 nitrogen and oxygen atoms in total. The standard InChI is InChI=1S/C12H18Br2N2O2S/c1-9(2)15-6-3-7-16-19(17,18)12-8-10(13)4-5-11(12)14/h4-5,8-9,15-16H,3,6-7H2,1-2H3. The third kappa shape index (κ3) is 5.91. The number of hydrogen-bond acceptors (Lipinski definition) is 3. The van der Waals surface area contributed by atoms with Gasteiger partial charge in [-0.05, 0) is 47.1 Å². The molecule has 0 heterocycles. The molecule has 0 aliphatic carbocycles. The number of sulfonamides is 1. The Hall–Kier alpha value is 0.0500. The molecule has 0 atom stereocenters. The van der Waals surface area contributed by atoms with Crippen molar-refractivity contribution in [2.24, 2.45) is 0 Å². The van der Waals surface area contributed by atoms with Crippen LogP contribution in [0.1, 0.15) is 20.3 Å². The highest BCUT2D eigenvalue weighted by atomic mass is 79.9. The summed E-state index contributed by atoms with van der Waals surface area (Å²) in [5, 5.41) is 3.24. The summed E-state index contributed by atoms with van der Waals surface area (Å²) in [6.45, 7) is 5.33. The molecule has 0 unspecified atom stereocenters. The van der Waals surface area contributed by atoms with E-state index in [1.165, 1.54) is 0 Å². The lowest BCUT2D eigenvalue weighted by atomic mass is 10.3. The van der Waals surface area contributed by atoms with Crippen molar-refractivity contribution in [3.63, 3.8) is 0 Å². The van der Waals surface area contributed by atoms with Crippen molar-refractivity contribution in [3.05, 3.63) is 27.1 Å². The fourth-order valence-corrected chi connectivity index (χ4v) is 4.02. The lowest BCUT2D eigenvalue weighted by Crippen LogP contribution is -2.30. The average Bonchev–Trinajstić information content (AvgIpc) is 2.31. The van der Waals surface area contributed by atoms with Gasteiger partial charge in [-0.3, -0.25) is 0 Å². The first-order chi connectivity index (χ1) is 8.83. The smallest absolute Gasteiger partial charge is 0.241 e. The Morgan fingerprint density at radius 1 is 1.21 bits per heavy atom. The van der Waals surface area contributed by atoms with E-state index in [-0.39, 0.29) is 4.90 Å². The van der Waals surface area contributed by atoms with Crippen LogP contribution >= 0.6 is 31.9 Å². The van der Waals surface area contributed by atoms with E-state index in [2.05, 4.69) is 55.7 Å². The normalized spacial score (nSPS) is 12.1. The molecule has 0 aliphatic rings. The minimum Gasteiger partial charge on any atom is -0.314 e. The molecule has 0 aliphatic heterocycles. The molecule has 1 aromatic rings. The Balaban J connectivity index is 2.59. The molecular weight excluding hydrogens is 396 g/mol. The van der Waals surface area contributed by atoms with Gasteiger partial charge in [0.05, 0.1) is 4.90 Å². The maximum atomic E-state index is 12.1. The van der Waals surface area contributed by atoms with Crippen LogP contribution in [0.2, 0.25) is 0 Å². The van der Waals surface area contributed by atoms with E-state index >= 15 is 0 Å². The van der Waals surface area contributed by atoms with Crippen molar-refractivity contribution >= 4 is 41.9 Å². The van der Waals surface area contributed by atoms with E-state index < -0.39 is 10.0 Å². The number of hydrogen-bond donors (Lipinski definition) is 2. The van der Waals surface area contributed by atoms with Crippen LogP contribution in [-0.2, 0) is 10.0 Å². The molecule has 0 saturated carbocycles. The fraction of sp³-hybridized carbons (Fsp3) is 0.500. The first-order valence-electron chi connectivity index (χ1n) is 6.01. The minimum absolute atomic E-state index is 0.249. The summed E-state index contributed by atoms with van der Waals surface area (Å²) in [6.07, 6.45) is 0.753. The van der Waals surface area contributed by atoms with E-state index in [1.54, 1.807) is 18.2 Å². The van der Waals surface area contributed by atoms with Crippen molar-refractivity contribution < 1.29 is 8.42 Å². The summed E-state index contributed by atoms with van der Waals surface area (Å²) < 4.78 is 28.1. The first-order valence-corrected chi connectivity index (χ1v) is 9.08. The van der Waals surface area contributed by atoms with Gasteiger partial charge in [0.15, 0.2) is 0 Å². The zero-order chi connectivity index (χ0) is 14.5. The monoisotopic (exact) mass is 412 g/mol. The van der Waals surface area contributed by atoms with Crippen molar-refractivity contribution in [1.82, 2.24) is 10.0 Å². The maximum absolute atomic E-state index is 12.1. The summed E-state index contributed by atoms with van der Waals surface area (Å²) >= 11 is 6.53. The summed E-state index contributed by atoms with van der Waals surface area (Å²) in [4.78, 5) is 0.249. The average molecular weight is 414 g/mol. The Kier molecular flexibility index (Phi) is 6.96. The number of nitrogens with one attached hydrogen (secondary N) is 2. The van der Waals surface area contributed by atoms with Crippen molar-refractivity contribution in [3.8, 4) is 0 Å². The largest absolute Gasteiger partial charge is 0.314 e. The lowest BCUT2D eigenvalue weighted by molar-refractivity contribution is 0.554. The van der Waals surface area contributed by atoms with Crippen molar-refractivity contribution in [2.45, 2.75) is 31.2 Å². The van der Waals surface area contributed by atoms with Gasteiger partial charge in [0.25, 0.3) is 0 Å². The van der Waals surface area contributed by atoms with E-state index in [4.69, 9.17) is 0 Å². The second kappa shape index (κ2) is 7.73. The number of rotatable bonds is 7. The SMILES string of the molecule is CC(C)NCCCNS(=O)(=O)c1cc(Br)ccc1Br. The molecule has 0 aromatic heterocycles. The molecular formula is C12H18Br2N2O2S. The van der Waals surface area contributed by atoms with Crippen LogP contribution in [0, 0.1) is 0 Å². The van der Waals surface area contributed by atoms with Crippen LogP contribution in [0.25, 0.3) is 0 Å². The molecule has 1 aromatic carbocycles. The Morgan fingerprint density at radius 3 is 2.53 bits per heavy atom. The summed E-state index contributed by atoms with van der Waals surface area (Å²) in [5.74, 6) is 0. The van der Waals surface area contributed by atoms with Crippen LogP contribution in [0.15, 0.2) is 32.0 Å². The second-order valence-corrected chi connectivity index (χ2v) is 7.94. The van der Waals surface area contributed by atoms with Gasteiger partial charge in [-0.2, -0.15) is 0 Å². The molecule has 0 fully saturated rings. The quantitative estimate of drug-likeness (QED) is 0.675. The van der Waals surface area contributed by atoms with Crippen LogP contribution in [-0.4, -0.2) is 27.5 Å². The highest BCUT2D eigenvalue weighted by Gasteiger charge is 2.17. The van der Waals surface area contributed by atoms with E-state index in [1.807, 2.05) is 0 Å². The summed E-state index contributed by atoms with van der Waals surface area (Å²) in [7, 11) is -3.47. The van der Waals surface area contributed by atoms with Gasteiger partial charge in [-0.15, -0.1) is 0 Å². The van der Waals surface area contributed by atoms with Crippen LogP contribution in [0.4, 0.5) is 0 Å². The summed E-state index contributed by atoms with van der Waals surface area (Å²) in [5.41, 5.74) is 0. The first kappa shape index (κ1) is 17.1. The zero-order valence-electron chi connectivity index (χ0n) is 10.9. The highest BCUT2D eigenvalue weighted by molar-refractivity contribution is 9.11. The molecule has 0 amide bonds. The molecule has 7 heteroatoms. The second-order valence-electron chi connectivity index (χ2n) is 4.43. The van der Waals surface area contributed by atoms with Gasteiger partial charge >= 0.3 is 0 Å². The van der Waals surface area contributed by atoms with Gasteiger partial charge < -0.3 is 5.32 Å². The van der Waals surface area contributed by atoms with E-state index in [9.17, 15) is 8.42 Å². The zero-order valence-corrected chi connectivity index (χ0v) is 14.9. The molecule has 0 bridgehead atoms. The number of benzene rings is 1. The third-order valence-corrected chi connectivity index (χ3v) is 5.33. The predicted octanol–water partition coefficient (Wildman–Crippen LogP) is 2.88. The molecule has 0 radical (unpaired) electrons. The van der Waals surface area contributed by atoms with Crippen LogP contribution in [0.3, 0.4) is 0 Å². The molecule has 0 saturated heterocycles. The lowest BCUT2D eigenvalue weighted by Gasteiger charge is -2.10. The van der Waals surface area contributed by atoms with Crippen LogP contribution in [0.5, 0.6) is 0 Å². The van der Waals surface area contributed by atoms with Gasteiger partial charge in [0.1, 0.15) is 0 Å². The Morgan fingerprint density at radius 2 is 1.89 bits per heavy atom. The third-order valence-electron chi connectivity index (χ3n) is 2.38. The minimum atomic E-state index is -3.47.